The van der Waals surface area contributed by atoms with Gasteiger partial charge in [0, 0.05) is 67.3 Å². The molecule has 4 heterocycles. The van der Waals surface area contributed by atoms with Gasteiger partial charge in [-0.25, -0.2) is 0 Å². The minimum atomic E-state index is -0.786. The van der Waals surface area contributed by atoms with Crippen LogP contribution in [0.2, 0.25) is 0 Å². The van der Waals surface area contributed by atoms with Crippen LogP contribution in [-0.2, 0) is 30.4 Å². The van der Waals surface area contributed by atoms with E-state index in [0.717, 1.165) is 103 Å². The number of nitrogens with one attached hydrogen (secondary N) is 1. The SMILES string of the molecule is Cc1cc(C2CCOCC2)cc([C@@H](C=O)c2cn(C[C@H]3C4=C([C@H](C)C[C@@H](O)[C@H]5OC5(C)C)C(=O)C[C@]4(C)[C@@]4(C)CC[C@@H]5[C@@](C)(CCC(=O)[C@@]5(C)C5CCCC5)[C@H]4[C@@H]3O)c3cc[nH]c23)c1. The summed E-state index contributed by atoms with van der Waals surface area (Å²) in [5, 5.41) is 25.2. The van der Waals surface area contributed by atoms with Crippen molar-refractivity contribution in [3.8, 4) is 0 Å². The number of hydrogen-bond acceptors (Lipinski definition) is 7. The molecule has 7 aliphatic rings. The van der Waals surface area contributed by atoms with Crippen LogP contribution in [0.3, 0.4) is 0 Å². The number of carbonyl (C=O) groups excluding carboxylic acids is 3. The molecule has 2 aromatic heterocycles. The number of Topliss-reactive ketones (excluding diaryl/α,β-unsaturated/α-hetero) is 2. The van der Waals surface area contributed by atoms with Crippen LogP contribution in [0.1, 0.15) is 160 Å². The van der Waals surface area contributed by atoms with E-state index in [4.69, 9.17) is 9.47 Å². The van der Waals surface area contributed by atoms with Gasteiger partial charge in [0.15, 0.2) is 5.78 Å². The molecule has 1 aromatic carbocycles. The highest BCUT2D eigenvalue weighted by Crippen LogP contribution is 2.76. The molecule has 0 radical (unpaired) electrons. The van der Waals surface area contributed by atoms with E-state index in [1.54, 1.807) is 0 Å². The Labute approximate surface area is 380 Å². The molecule has 9 heteroatoms. The van der Waals surface area contributed by atoms with Crippen LogP contribution in [0, 0.1) is 58.2 Å². The molecule has 64 heavy (non-hydrogen) atoms. The Morgan fingerprint density at radius 2 is 1.70 bits per heavy atom. The summed E-state index contributed by atoms with van der Waals surface area (Å²) >= 11 is 0. The van der Waals surface area contributed by atoms with E-state index in [0.29, 0.717) is 43.4 Å². The molecule has 12 atom stereocenters. The Kier molecular flexibility index (Phi) is 10.8. The molecule has 6 fully saturated rings. The number of allylic oxidation sites excluding steroid dienone is 1. The zero-order valence-corrected chi connectivity index (χ0v) is 39.8. The molecule has 10 rings (SSSR count). The average Bonchev–Trinajstić information content (AvgIpc) is 3.83. The maximum Gasteiger partial charge on any atom is 0.160 e. The van der Waals surface area contributed by atoms with E-state index in [2.05, 4.69) is 81.6 Å². The molecule has 0 spiro atoms. The Balaban J connectivity index is 1.09. The Hall–Kier alpha value is -3.37. The van der Waals surface area contributed by atoms with Crippen molar-refractivity contribution in [3.63, 3.8) is 0 Å². The fraction of sp³-hybridized carbons (Fsp3) is 0.691. The lowest BCUT2D eigenvalue weighted by atomic mass is 9.34. The first-order chi connectivity index (χ1) is 30.4. The molecule has 3 aromatic rings. The summed E-state index contributed by atoms with van der Waals surface area (Å²) in [6.07, 6.45) is 13.7. The maximum atomic E-state index is 15.0. The van der Waals surface area contributed by atoms with Gasteiger partial charge in [-0.15, -0.1) is 0 Å². The number of rotatable bonds is 11. The fourth-order valence-electron chi connectivity index (χ4n) is 16.5. The molecule has 3 N–H and O–H groups in total. The van der Waals surface area contributed by atoms with Crippen LogP contribution >= 0.6 is 0 Å². The molecular formula is C55H74N2O7. The predicted molar refractivity (Wildman–Crippen MR) is 248 cm³/mol. The van der Waals surface area contributed by atoms with Crippen molar-refractivity contribution in [1.82, 2.24) is 9.55 Å². The standard InChI is InChI=1S/C55H74N2O7/c1-31-23-34(33-16-21-63-22-17-33)26-35(24-31)39(30-58)37-28-57(40-15-20-56-47(37)40)29-38-46-45(32(2)25-41(59)50-51(3,4)64-50)42(60)27-54(46,7)53(6)19-13-43-52(5,49(53)48(38)62)18-14-44(61)55(43,8)36-11-9-10-12-36/h15,20,23-24,26,28,30,32-33,36,38-39,41,43,48-50,56,59,62H,9-14,16-19,21-22,25,27,29H2,1-8H3/t32-,38+,39-,41-,43-,48-,49-,50-,52-,53+,54+,55+/m1/s1. The Morgan fingerprint density at radius 3 is 2.39 bits per heavy atom. The number of aryl methyl sites for hydroxylation is 1. The molecule has 346 valence electrons. The van der Waals surface area contributed by atoms with E-state index in [9.17, 15) is 24.6 Å². The number of epoxide rings is 1. The van der Waals surface area contributed by atoms with Crippen molar-refractivity contribution in [2.24, 2.45) is 51.2 Å². The number of aliphatic hydroxyl groups excluding tert-OH is 2. The molecule has 0 unspecified atom stereocenters. The van der Waals surface area contributed by atoms with Gasteiger partial charge in [-0.3, -0.25) is 9.59 Å². The van der Waals surface area contributed by atoms with E-state index < -0.39 is 45.9 Å². The number of aliphatic hydroxyl groups is 2. The molecule has 0 amide bonds. The number of ketones is 2. The highest BCUT2D eigenvalue weighted by atomic mass is 16.6. The van der Waals surface area contributed by atoms with E-state index >= 15 is 0 Å². The second-order valence-electron chi connectivity index (χ2n) is 23.5. The van der Waals surface area contributed by atoms with E-state index in [1.807, 2.05) is 20.0 Å². The highest BCUT2D eigenvalue weighted by molar-refractivity contribution is 6.01. The summed E-state index contributed by atoms with van der Waals surface area (Å²) in [7, 11) is 0. The van der Waals surface area contributed by atoms with Crippen LogP contribution in [-0.4, -0.2) is 74.7 Å². The third-order valence-electron chi connectivity index (χ3n) is 19.8. The minimum absolute atomic E-state index is 0.134. The minimum Gasteiger partial charge on any atom is -0.392 e. The van der Waals surface area contributed by atoms with Gasteiger partial charge in [-0.1, -0.05) is 71.2 Å². The second-order valence-corrected chi connectivity index (χ2v) is 23.5. The summed E-state index contributed by atoms with van der Waals surface area (Å²) in [6.45, 7) is 19.5. The number of aromatic nitrogens is 2. The van der Waals surface area contributed by atoms with Crippen LogP contribution in [0.5, 0.6) is 0 Å². The summed E-state index contributed by atoms with van der Waals surface area (Å²) in [6, 6.07) is 8.70. The third kappa shape index (κ3) is 6.53. The lowest BCUT2D eigenvalue weighted by Gasteiger charge is -2.70. The van der Waals surface area contributed by atoms with Gasteiger partial charge in [-0.2, -0.15) is 0 Å². The number of aldehydes is 1. The number of fused-ring (bicyclic) bond motifs is 6. The number of H-pyrrole nitrogens is 1. The lowest BCUT2D eigenvalue weighted by Crippen LogP contribution is -2.68. The summed E-state index contributed by atoms with van der Waals surface area (Å²) in [5.74, 6) is 0.179. The van der Waals surface area contributed by atoms with Gasteiger partial charge in [0.2, 0.25) is 0 Å². The van der Waals surface area contributed by atoms with Crippen LogP contribution in [0.15, 0.2) is 47.8 Å². The molecule has 9 nitrogen and oxygen atoms in total. The largest absolute Gasteiger partial charge is 0.392 e. The van der Waals surface area contributed by atoms with Crippen molar-refractivity contribution in [1.29, 1.82) is 0 Å². The predicted octanol–water partition coefficient (Wildman–Crippen LogP) is 9.93. The van der Waals surface area contributed by atoms with Gasteiger partial charge >= 0.3 is 0 Å². The molecular weight excluding hydrogens is 801 g/mol. The maximum absolute atomic E-state index is 15.0. The number of benzene rings is 1. The van der Waals surface area contributed by atoms with Crippen molar-refractivity contribution in [2.75, 3.05) is 13.2 Å². The van der Waals surface area contributed by atoms with Gasteiger partial charge in [0.05, 0.1) is 34.8 Å². The van der Waals surface area contributed by atoms with Crippen molar-refractivity contribution < 1.29 is 34.1 Å². The number of aromatic amines is 1. The number of nitrogens with zero attached hydrogens (tertiary/aromatic N) is 1. The topological polar surface area (TPSA) is 134 Å². The van der Waals surface area contributed by atoms with Crippen LogP contribution in [0.25, 0.3) is 11.0 Å². The van der Waals surface area contributed by atoms with Crippen molar-refractivity contribution in [2.45, 2.75) is 175 Å². The smallest absolute Gasteiger partial charge is 0.160 e. The van der Waals surface area contributed by atoms with Gasteiger partial charge < -0.3 is 34.0 Å². The van der Waals surface area contributed by atoms with Gasteiger partial charge in [-0.05, 0) is 141 Å². The number of hydrogen-bond donors (Lipinski definition) is 3. The summed E-state index contributed by atoms with van der Waals surface area (Å²) in [5.41, 5.74) is 5.93. The first-order valence-corrected chi connectivity index (χ1v) is 25.0. The first-order valence-electron chi connectivity index (χ1n) is 25.0. The van der Waals surface area contributed by atoms with E-state index in [-0.39, 0.29) is 35.1 Å². The van der Waals surface area contributed by atoms with Gasteiger partial charge in [0.1, 0.15) is 18.2 Å². The Morgan fingerprint density at radius 1 is 0.984 bits per heavy atom. The van der Waals surface area contributed by atoms with Crippen LogP contribution < -0.4 is 0 Å². The second kappa shape index (κ2) is 15.6. The molecule has 0 bridgehead atoms. The first kappa shape index (κ1) is 44.5. The van der Waals surface area contributed by atoms with Crippen molar-refractivity contribution in [3.05, 3.63) is 70.1 Å². The van der Waals surface area contributed by atoms with Crippen molar-refractivity contribution >= 4 is 28.9 Å². The normalized spacial score (nSPS) is 37.9. The molecule has 4 saturated carbocycles. The molecule has 2 saturated heterocycles. The monoisotopic (exact) mass is 875 g/mol. The quantitative estimate of drug-likeness (QED) is 0.129. The number of ether oxygens (including phenoxy) is 2. The molecule has 5 aliphatic carbocycles. The zero-order valence-electron chi connectivity index (χ0n) is 39.8. The Bertz CT molecular complexity index is 2380. The lowest BCUT2D eigenvalue weighted by molar-refractivity contribution is -0.226. The third-order valence-corrected chi connectivity index (χ3v) is 19.8. The summed E-state index contributed by atoms with van der Waals surface area (Å²) < 4.78 is 13.8. The van der Waals surface area contributed by atoms with Crippen LogP contribution in [0.4, 0.5) is 0 Å². The average molecular weight is 875 g/mol. The zero-order chi connectivity index (χ0) is 45.3. The number of carbonyl (C=O) groups is 3. The molecule has 2 aliphatic heterocycles. The fourth-order valence-corrected chi connectivity index (χ4v) is 16.5. The van der Waals surface area contributed by atoms with E-state index in [1.165, 1.54) is 18.4 Å². The van der Waals surface area contributed by atoms with Gasteiger partial charge in [0.25, 0.3) is 0 Å². The summed E-state index contributed by atoms with van der Waals surface area (Å²) in [4.78, 5) is 46.2. The highest BCUT2D eigenvalue weighted by Gasteiger charge is 2.73.